The molecular formula is C8H18N2O. The molecule has 0 aliphatic carbocycles. The van der Waals surface area contributed by atoms with Gasteiger partial charge in [0.2, 0.25) is 0 Å². The Morgan fingerprint density at radius 3 is 1.82 bits per heavy atom. The van der Waals surface area contributed by atoms with Crippen LogP contribution < -0.4 is 11.5 Å². The summed E-state index contributed by atoms with van der Waals surface area (Å²) >= 11 is 0. The normalized spacial score (nSPS) is 16.2. The van der Waals surface area contributed by atoms with Crippen molar-refractivity contribution < 1.29 is 5.11 Å². The molecule has 0 radical (unpaired) electrons. The van der Waals surface area contributed by atoms with Gasteiger partial charge in [-0.1, -0.05) is 13.8 Å². The molecule has 3 nitrogen and oxygen atoms in total. The molecule has 0 saturated carbocycles. The van der Waals surface area contributed by atoms with Gasteiger partial charge in [0.05, 0.1) is 11.4 Å². The van der Waals surface area contributed by atoms with Crippen LogP contribution in [0.25, 0.3) is 0 Å². The molecule has 0 saturated heterocycles. The van der Waals surface area contributed by atoms with Gasteiger partial charge in [-0.2, -0.15) is 0 Å². The highest BCUT2D eigenvalue weighted by molar-refractivity contribution is 5.17. The fourth-order valence-electron chi connectivity index (χ4n) is 0.725. The van der Waals surface area contributed by atoms with Gasteiger partial charge >= 0.3 is 0 Å². The van der Waals surface area contributed by atoms with E-state index in [2.05, 4.69) is 0 Å². The minimum atomic E-state index is -0.890. The van der Waals surface area contributed by atoms with Crippen molar-refractivity contribution in [1.29, 1.82) is 0 Å². The van der Waals surface area contributed by atoms with Gasteiger partial charge in [0.25, 0.3) is 0 Å². The second-order valence-electron chi connectivity index (χ2n) is 3.38. The van der Waals surface area contributed by atoms with E-state index in [-0.39, 0.29) is 11.7 Å². The van der Waals surface area contributed by atoms with E-state index in [4.69, 9.17) is 11.5 Å². The molecule has 0 aliphatic heterocycles. The number of hydrogen-bond acceptors (Lipinski definition) is 3. The van der Waals surface area contributed by atoms with Gasteiger partial charge < -0.3 is 16.6 Å². The first-order chi connectivity index (χ1) is 4.80. The maximum absolute atomic E-state index is 9.81. The molecule has 66 valence electrons. The summed E-state index contributed by atoms with van der Waals surface area (Å²) in [7, 11) is 0. The average molecular weight is 158 g/mol. The van der Waals surface area contributed by atoms with Crippen LogP contribution in [0, 0.1) is 5.92 Å². The lowest BCUT2D eigenvalue weighted by atomic mass is 9.86. The van der Waals surface area contributed by atoms with E-state index >= 15 is 0 Å². The van der Waals surface area contributed by atoms with Crippen molar-refractivity contribution in [3.8, 4) is 0 Å². The molecule has 0 aromatic heterocycles. The Balaban J connectivity index is 4.70. The maximum Gasteiger partial charge on any atom is 0.0951 e. The Morgan fingerprint density at radius 2 is 1.73 bits per heavy atom. The van der Waals surface area contributed by atoms with E-state index in [1.54, 1.807) is 13.8 Å². The minimum Gasteiger partial charge on any atom is -0.386 e. The number of rotatable bonds is 2. The molecule has 0 bridgehead atoms. The van der Waals surface area contributed by atoms with Crippen molar-refractivity contribution >= 4 is 0 Å². The van der Waals surface area contributed by atoms with Crippen LogP contribution in [0.4, 0.5) is 0 Å². The van der Waals surface area contributed by atoms with Crippen molar-refractivity contribution in [2.45, 2.75) is 33.3 Å². The molecular weight excluding hydrogens is 140 g/mol. The summed E-state index contributed by atoms with van der Waals surface area (Å²) in [6, 6.07) is 0. The number of aliphatic hydroxyl groups is 1. The molecule has 0 heterocycles. The number of hydrogen-bond donors (Lipinski definition) is 3. The van der Waals surface area contributed by atoms with Crippen LogP contribution in [-0.2, 0) is 0 Å². The summed E-state index contributed by atoms with van der Waals surface area (Å²) in [6.07, 6.45) is 0. The van der Waals surface area contributed by atoms with E-state index in [1.165, 1.54) is 0 Å². The van der Waals surface area contributed by atoms with Gasteiger partial charge in [-0.3, -0.25) is 0 Å². The first-order valence-electron chi connectivity index (χ1n) is 3.74. The van der Waals surface area contributed by atoms with Gasteiger partial charge in [0.1, 0.15) is 0 Å². The fraction of sp³-hybridized carbons (Fsp3) is 0.750. The largest absolute Gasteiger partial charge is 0.386 e. The summed E-state index contributed by atoms with van der Waals surface area (Å²) in [5.41, 5.74) is 10.5. The predicted octanol–water partition coefficient (Wildman–Crippen LogP) is 0.542. The first kappa shape index (κ1) is 10.3. The van der Waals surface area contributed by atoms with Gasteiger partial charge in [0, 0.05) is 0 Å². The van der Waals surface area contributed by atoms with E-state index < -0.39 is 5.60 Å². The lowest BCUT2D eigenvalue weighted by Gasteiger charge is -2.29. The van der Waals surface area contributed by atoms with Crippen LogP contribution in [0.15, 0.2) is 11.4 Å². The Kier molecular flexibility index (Phi) is 2.93. The SMILES string of the molecule is CC(=C(N)N)C(C)(O)C(C)C. The van der Waals surface area contributed by atoms with Crippen LogP contribution in [-0.4, -0.2) is 10.7 Å². The van der Waals surface area contributed by atoms with Crippen molar-refractivity contribution in [1.82, 2.24) is 0 Å². The summed E-state index contributed by atoms with van der Waals surface area (Å²) in [5, 5.41) is 9.81. The molecule has 0 aliphatic rings. The predicted molar refractivity (Wildman–Crippen MR) is 46.5 cm³/mol. The van der Waals surface area contributed by atoms with Crippen LogP contribution >= 0.6 is 0 Å². The molecule has 0 aromatic carbocycles. The molecule has 0 spiro atoms. The highest BCUT2D eigenvalue weighted by Gasteiger charge is 2.28. The monoisotopic (exact) mass is 158 g/mol. The summed E-state index contributed by atoms with van der Waals surface area (Å²) in [4.78, 5) is 0. The zero-order chi connectivity index (χ0) is 9.23. The van der Waals surface area contributed by atoms with E-state index in [1.807, 2.05) is 13.8 Å². The van der Waals surface area contributed by atoms with Crippen LogP contribution in [0.1, 0.15) is 27.7 Å². The van der Waals surface area contributed by atoms with E-state index in [0.29, 0.717) is 5.57 Å². The van der Waals surface area contributed by atoms with Gasteiger partial charge in [-0.05, 0) is 25.3 Å². The lowest BCUT2D eigenvalue weighted by Crippen LogP contribution is -2.35. The fourth-order valence-corrected chi connectivity index (χ4v) is 0.725. The second-order valence-corrected chi connectivity index (χ2v) is 3.38. The highest BCUT2D eigenvalue weighted by Crippen LogP contribution is 2.24. The minimum absolute atomic E-state index is 0.115. The van der Waals surface area contributed by atoms with Crippen molar-refractivity contribution in [3.63, 3.8) is 0 Å². The number of nitrogens with two attached hydrogens (primary N) is 2. The zero-order valence-corrected chi connectivity index (χ0v) is 7.68. The van der Waals surface area contributed by atoms with E-state index in [0.717, 1.165) is 0 Å². The standard InChI is InChI=1S/C8H18N2O/c1-5(2)8(4,11)6(3)7(9)10/h5,11H,9-10H2,1-4H3. The van der Waals surface area contributed by atoms with Crippen LogP contribution in [0.3, 0.4) is 0 Å². The van der Waals surface area contributed by atoms with Crippen molar-refractivity contribution in [3.05, 3.63) is 11.4 Å². The van der Waals surface area contributed by atoms with Crippen molar-refractivity contribution in [2.75, 3.05) is 0 Å². The molecule has 1 unspecified atom stereocenters. The molecule has 3 heteroatoms. The second kappa shape index (κ2) is 3.13. The van der Waals surface area contributed by atoms with Crippen LogP contribution in [0.2, 0.25) is 0 Å². The summed E-state index contributed by atoms with van der Waals surface area (Å²) in [6.45, 7) is 7.31. The highest BCUT2D eigenvalue weighted by atomic mass is 16.3. The molecule has 0 amide bonds. The summed E-state index contributed by atoms with van der Waals surface area (Å²) < 4.78 is 0. The Morgan fingerprint density at radius 1 is 1.36 bits per heavy atom. The lowest BCUT2D eigenvalue weighted by molar-refractivity contribution is 0.0492. The third-order valence-electron chi connectivity index (χ3n) is 2.32. The van der Waals surface area contributed by atoms with E-state index in [9.17, 15) is 5.11 Å². The van der Waals surface area contributed by atoms with Gasteiger partial charge in [0.15, 0.2) is 0 Å². The molecule has 5 N–H and O–H groups in total. The third-order valence-corrected chi connectivity index (χ3v) is 2.32. The maximum atomic E-state index is 9.81. The smallest absolute Gasteiger partial charge is 0.0951 e. The summed E-state index contributed by atoms with van der Waals surface area (Å²) in [5.74, 6) is 0.327. The molecule has 0 fully saturated rings. The molecule has 0 rings (SSSR count). The quantitative estimate of drug-likeness (QED) is 0.549. The Labute approximate surface area is 68.1 Å². The van der Waals surface area contributed by atoms with Gasteiger partial charge in [-0.25, -0.2) is 0 Å². The molecule has 11 heavy (non-hydrogen) atoms. The van der Waals surface area contributed by atoms with Crippen molar-refractivity contribution in [2.24, 2.45) is 17.4 Å². The van der Waals surface area contributed by atoms with Gasteiger partial charge in [-0.15, -0.1) is 0 Å². The Hall–Kier alpha value is -0.700. The van der Waals surface area contributed by atoms with Crippen LogP contribution in [0.5, 0.6) is 0 Å². The first-order valence-corrected chi connectivity index (χ1v) is 3.74. The zero-order valence-electron chi connectivity index (χ0n) is 7.68. The average Bonchev–Trinajstić information content (AvgIpc) is 1.85. The third kappa shape index (κ3) is 2.12. The Bertz CT molecular complexity index is 167. The molecule has 1 atom stereocenters. The molecule has 0 aromatic rings. The topological polar surface area (TPSA) is 72.3 Å².